The van der Waals surface area contributed by atoms with Gasteiger partial charge in [0.15, 0.2) is 10.7 Å². The van der Waals surface area contributed by atoms with Crippen LogP contribution < -0.4 is 29.0 Å². The molecule has 0 aliphatic heterocycles. The second-order valence-corrected chi connectivity index (χ2v) is 12.2. The number of nitrogens with zero attached hydrogens (tertiary/aromatic N) is 5. The molecule has 1 amide bonds. The maximum Gasteiger partial charge on any atom is 0.266 e. The van der Waals surface area contributed by atoms with Crippen LogP contribution in [-0.4, -0.2) is 58.5 Å². The summed E-state index contributed by atoms with van der Waals surface area (Å²) in [7, 11) is 4.70. The first-order chi connectivity index (χ1) is 25.8. The SMILES string of the molecule is COc1ccc(COc2nc(SC)nc(OCc3ccc(OC)cc3)c2C(=O)Nc2c(F)cc(-c3cn(Cc4ccc(OC)cc4)nn3)cc2F)cc1. The summed E-state index contributed by atoms with van der Waals surface area (Å²) in [6.07, 6.45) is 3.32. The highest BCUT2D eigenvalue weighted by Crippen LogP contribution is 2.33. The van der Waals surface area contributed by atoms with E-state index in [1.807, 2.05) is 24.3 Å². The Morgan fingerprint density at radius 2 is 1.21 bits per heavy atom. The Kier molecular flexibility index (Phi) is 11.6. The molecule has 0 atom stereocenters. The van der Waals surface area contributed by atoms with Crippen molar-refractivity contribution in [3.8, 4) is 40.3 Å². The van der Waals surface area contributed by atoms with Crippen molar-refractivity contribution < 1.29 is 37.3 Å². The fourth-order valence-corrected chi connectivity index (χ4v) is 5.43. The van der Waals surface area contributed by atoms with Gasteiger partial charge >= 0.3 is 0 Å². The lowest BCUT2D eigenvalue weighted by molar-refractivity contribution is 0.101. The molecule has 0 saturated carbocycles. The topological polar surface area (TPSA) is 132 Å². The van der Waals surface area contributed by atoms with Crippen LogP contribution in [0.3, 0.4) is 0 Å². The number of anilines is 1. The monoisotopic (exact) mass is 740 g/mol. The number of ether oxygens (including phenoxy) is 5. The molecular weight excluding hydrogens is 707 g/mol. The van der Waals surface area contributed by atoms with Crippen molar-refractivity contribution in [2.75, 3.05) is 32.9 Å². The van der Waals surface area contributed by atoms with Gasteiger partial charge in [0.25, 0.3) is 5.91 Å². The predicted octanol–water partition coefficient (Wildman–Crippen LogP) is 7.22. The average Bonchev–Trinajstić information content (AvgIpc) is 3.66. The third kappa shape index (κ3) is 8.99. The Bertz CT molecular complexity index is 2090. The molecule has 0 unspecified atom stereocenters. The Labute approximate surface area is 308 Å². The fourth-order valence-electron chi connectivity index (χ4n) is 5.09. The number of benzene rings is 4. The van der Waals surface area contributed by atoms with E-state index >= 15 is 8.78 Å². The van der Waals surface area contributed by atoms with Crippen LogP contribution in [0.15, 0.2) is 96.3 Å². The highest BCUT2D eigenvalue weighted by Gasteiger charge is 2.27. The first-order valence-electron chi connectivity index (χ1n) is 16.1. The number of amides is 1. The van der Waals surface area contributed by atoms with Gasteiger partial charge in [0.05, 0.1) is 34.1 Å². The summed E-state index contributed by atoms with van der Waals surface area (Å²) in [4.78, 5) is 22.8. The van der Waals surface area contributed by atoms with Gasteiger partial charge < -0.3 is 29.0 Å². The minimum atomic E-state index is -1.04. The fraction of sp³-hybridized carbons (Fsp3) is 0.184. The zero-order chi connectivity index (χ0) is 37.3. The molecule has 12 nitrogen and oxygen atoms in total. The molecule has 6 aromatic rings. The second kappa shape index (κ2) is 16.9. The molecule has 0 fully saturated rings. The van der Waals surface area contributed by atoms with E-state index in [4.69, 9.17) is 23.7 Å². The molecule has 2 aromatic heterocycles. The van der Waals surface area contributed by atoms with E-state index in [0.29, 0.717) is 23.8 Å². The largest absolute Gasteiger partial charge is 0.497 e. The van der Waals surface area contributed by atoms with Crippen LogP contribution in [0, 0.1) is 11.6 Å². The minimum Gasteiger partial charge on any atom is -0.497 e. The summed E-state index contributed by atoms with van der Waals surface area (Å²) in [5.74, 6) is -1.30. The molecule has 6 rings (SSSR count). The Morgan fingerprint density at radius 1 is 0.736 bits per heavy atom. The number of thioether (sulfide) groups is 1. The van der Waals surface area contributed by atoms with Crippen LogP contribution in [0.4, 0.5) is 14.5 Å². The van der Waals surface area contributed by atoms with Crippen molar-refractivity contribution in [3.63, 3.8) is 0 Å². The minimum absolute atomic E-state index is 0.00357. The highest BCUT2D eigenvalue weighted by molar-refractivity contribution is 7.98. The van der Waals surface area contributed by atoms with Crippen molar-refractivity contribution in [2.24, 2.45) is 0 Å². The van der Waals surface area contributed by atoms with Crippen LogP contribution in [0.2, 0.25) is 0 Å². The average molecular weight is 741 g/mol. The van der Waals surface area contributed by atoms with E-state index in [1.165, 1.54) is 11.8 Å². The summed E-state index contributed by atoms with van der Waals surface area (Å²) in [6.45, 7) is 0.381. The molecular formula is C38H34F2N6O6S. The summed E-state index contributed by atoms with van der Waals surface area (Å²) in [5, 5.41) is 10.8. The molecule has 2 heterocycles. The van der Waals surface area contributed by atoms with E-state index in [9.17, 15) is 4.79 Å². The van der Waals surface area contributed by atoms with Crippen molar-refractivity contribution in [2.45, 2.75) is 24.9 Å². The van der Waals surface area contributed by atoms with E-state index in [-0.39, 0.29) is 47.0 Å². The molecule has 0 spiro atoms. The van der Waals surface area contributed by atoms with Gasteiger partial charge in [0, 0.05) is 5.56 Å². The third-order valence-electron chi connectivity index (χ3n) is 7.92. The van der Waals surface area contributed by atoms with Gasteiger partial charge in [-0.2, -0.15) is 9.97 Å². The lowest BCUT2D eigenvalue weighted by Gasteiger charge is -2.16. The number of nitrogens with one attached hydrogen (secondary N) is 1. The van der Waals surface area contributed by atoms with E-state index in [2.05, 4.69) is 25.6 Å². The molecule has 53 heavy (non-hydrogen) atoms. The van der Waals surface area contributed by atoms with Crippen molar-refractivity contribution in [1.82, 2.24) is 25.0 Å². The lowest BCUT2D eigenvalue weighted by atomic mass is 10.1. The lowest BCUT2D eigenvalue weighted by Crippen LogP contribution is -2.19. The predicted molar refractivity (Wildman–Crippen MR) is 194 cm³/mol. The quantitative estimate of drug-likeness (QED) is 0.0846. The number of carbonyl (C=O) groups excluding carboxylic acids is 1. The Morgan fingerprint density at radius 3 is 1.66 bits per heavy atom. The number of methoxy groups -OCH3 is 3. The van der Waals surface area contributed by atoms with Gasteiger partial charge in [-0.15, -0.1) is 5.10 Å². The van der Waals surface area contributed by atoms with Crippen LogP contribution >= 0.6 is 11.8 Å². The molecule has 0 bridgehead atoms. The van der Waals surface area contributed by atoms with Crippen LogP contribution in [0.1, 0.15) is 27.0 Å². The zero-order valence-corrected chi connectivity index (χ0v) is 29.9. The maximum atomic E-state index is 15.6. The van der Waals surface area contributed by atoms with Gasteiger partial charge in [-0.05, 0) is 71.5 Å². The molecule has 272 valence electrons. The first-order valence-corrected chi connectivity index (χ1v) is 17.3. The summed E-state index contributed by atoms with van der Waals surface area (Å²) >= 11 is 1.20. The smallest absolute Gasteiger partial charge is 0.266 e. The summed E-state index contributed by atoms with van der Waals surface area (Å²) < 4.78 is 60.6. The van der Waals surface area contributed by atoms with Crippen molar-refractivity contribution in [1.29, 1.82) is 0 Å². The summed E-state index contributed by atoms with van der Waals surface area (Å²) in [6, 6.07) is 23.7. The second-order valence-electron chi connectivity index (χ2n) is 11.4. The number of carbonyl (C=O) groups is 1. The molecule has 0 saturated heterocycles. The normalized spacial score (nSPS) is 10.8. The Hall–Kier alpha value is -6.22. The van der Waals surface area contributed by atoms with Crippen molar-refractivity contribution >= 4 is 23.4 Å². The number of rotatable bonds is 15. The van der Waals surface area contributed by atoms with Crippen LogP contribution in [-0.2, 0) is 19.8 Å². The maximum absolute atomic E-state index is 15.6. The van der Waals surface area contributed by atoms with Gasteiger partial charge in [0.2, 0.25) is 11.8 Å². The number of hydrogen-bond acceptors (Lipinski definition) is 11. The van der Waals surface area contributed by atoms with Gasteiger partial charge in [-0.3, -0.25) is 4.79 Å². The molecule has 0 aliphatic carbocycles. The van der Waals surface area contributed by atoms with Crippen LogP contribution in [0.5, 0.6) is 29.0 Å². The van der Waals surface area contributed by atoms with Crippen molar-refractivity contribution in [3.05, 3.63) is 125 Å². The third-order valence-corrected chi connectivity index (χ3v) is 8.47. The van der Waals surface area contributed by atoms with E-state index in [1.54, 1.807) is 87.0 Å². The molecule has 4 aromatic carbocycles. The van der Waals surface area contributed by atoms with Gasteiger partial charge in [-0.1, -0.05) is 53.4 Å². The number of halogens is 2. The van der Waals surface area contributed by atoms with E-state index in [0.717, 1.165) is 28.8 Å². The van der Waals surface area contributed by atoms with Gasteiger partial charge in [0.1, 0.15) is 53.5 Å². The Balaban J connectivity index is 1.27. The zero-order valence-electron chi connectivity index (χ0n) is 29.1. The van der Waals surface area contributed by atoms with E-state index < -0.39 is 23.2 Å². The molecule has 0 aliphatic rings. The standard InChI is InChI=1S/C38H34F2N6O6S/c1-48-27-11-5-23(6-12-27)19-46-20-32(44-45-46)26-17-30(39)34(31(40)18-26)41-35(47)33-36(51-21-24-7-13-28(49-2)14-8-24)42-38(53-4)43-37(33)52-22-25-9-15-29(50-3)16-10-25/h5-18,20H,19,21-22H2,1-4H3,(H,41,47). The van der Waals surface area contributed by atoms with Gasteiger partial charge in [-0.25, -0.2) is 13.5 Å². The highest BCUT2D eigenvalue weighted by atomic mass is 32.2. The summed E-state index contributed by atoms with van der Waals surface area (Å²) in [5.41, 5.74) is 1.82. The first kappa shape index (κ1) is 36.6. The van der Waals surface area contributed by atoms with Crippen LogP contribution in [0.25, 0.3) is 11.3 Å². The number of aromatic nitrogens is 5. The molecule has 15 heteroatoms. The molecule has 1 N–H and O–H groups in total. The molecule has 0 radical (unpaired) electrons. The number of hydrogen-bond donors (Lipinski definition) is 1.